The predicted molar refractivity (Wildman–Crippen MR) is 88.8 cm³/mol. The van der Waals surface area contributed by atoms with Crippen molar-refractivity contribution in [2.45, 2.75) is 18.9 Å². The Balaban J connectivity index is 2.20. The molecule has 2 aromatic rings. The van der Waals surface area contributed by atoms with Gasteiger partial charge in [-0.15, -0.1) is 0 Å². The molecule has 6 heteroatoms. The van der Waals surface area contributed by atoms with Gasteiger partial charge in [0.15, 0.2) is 0 Å². The highest BCUT2D eigenvalue weighted by Gasteiger charge is 2.22. The first-order valence-corrected chi connectivity index (χ1v) is 7.99. The Morgan fingerprint density at radius 2 is 2.09 bits per heavy atom. The van der Waals surface area contributed by atoms with Crippen LogP contribution in [0.4, 0.5) is 0 Å². The van der Waals surface area contributed by atoms with E-state index in [2.05, 4.69) is 11.4 Å². The number of thiophene rings is 1. The minimum Gasteiger partial charge on any atom is -0.497 e. The molecular weight excluding hydrogens is 312 g/mol. The van der Waals surface area contributed by atoms with Gasteiger partial charge in [-0.1, -0.05) is 0 Å². The molecule has 2 atom stereocenters. The quantitative estimate of drug-likeness (QED) is 0.882. The molecule has 1 amide bonds. The number of rotatable bonds is 6. The van der Waals surface area contributed by atoms with Crippen molar-refractivity contribution in [3.05, 3.63) is 46.2 Å². The van der Waals surface area contributed by atoms with Gasteiger partial charge in [0.1, 0.15) is 17.5 Å². The van der Waals surface area contributed by atoms with Crippen LogP contribution in [0.25, 0.3) is 0 Å². The van der Waals surface area contributed by atoms with Gasteiger partial charge in [0, 0.05) is 11.6 Å². The second-order valence-electron chi connectivity index (χ2n) is 4.96. The monoisotopic (exact) mass is 330 g/mol. The molecule has 5 nitrogen and oxygen atoms in total. The zero-order chi connectivity index (χ0) is 16.8. The molecular formula is C17H18N2O3S. The molecule has 0 aliphatic rings. The zero-order valence-electron chi connectivity index (χ0n) is 13.2. The lowest BCUT2D eigenvalue weighted by atomic mass is 10.0. The molecule has 0 saturated carbocycles. The van der Waals surface area contributed by atoms with E-state index in [-0.39, 0.29) is 11.8 Å². The number of hydrogen-bond acceptors (Lipinski definition) is 5. The summed E-state index contributed by atoms with van der Waals surface area (Å²) in [5.41, 5.74) is 1.53. The lowest BCUT2D eigenvalue weighted by Gasteiger charge is -2.18. The highest BCUT2D eigenvalue weighted by Crippen LogP contribution is 2.30. The Kier molecular flexibility index (Phi) is 5.61. The van der Waals surface area contributed by atoms with Gasteiger partial charge in [0.25, 0.3) is 0 Å². The molecule has 1 aromatic carbocycles. The molecule has 1 heterocycles. The third-order valence-corrected chi connectivity index (χ3v) is 4.31. The number of nitriles is 1. The fourth-order valence-electron chi connectivity index (χ4n) is 2.18. The molecule has 120 valence electrons. The molecule has 0 aliphatic heterocycles. The standard InChI is InChI=1S/C17H18N2O3S/c1-11(12-6-7-23-10-12)17(20)19-15(9-18)14-5-4-13(21-2)8-16(14)22-3/h4-8,10-11,15H,1-3H3,(H,19,20)/t11-,15+/m1/s1. The normalized spacial score (nSPS) is 12.8. The second kappa shape index (κ2) is 7.65. The topological polar surface area (TPSA) is 71.3 Å². The minimum atomic E-state index is -0.788. The molecule has 0 saturated heterocycles. The van der Waals surface area contributed by atoms with Crippen molar-refractivity contribution in [3.8, 4) is 17.6 Å². The number of hydrogen-bond donors (Lipinski definition) is 1. The van der Waals surface area contributed by atoms with Gasteiger partial charge < -0.3 is 14.8 Å². The lowest BCUT2D eigenvalue weighted by molar-refractivity contribution is -0.122. The number of nitrogens with one attached hydrogen (secondary N) is 1. The van der Waals surface area contributed by atoms with Crippen molar-refractivity contribution in [3.63, 3.8) is 0 Å². The summed E-state index contributed by atoms with van der Waals surface area (Å²) in [6, 6.07) is 8.38. The Labute approximate surface area is 139 Å². The van der Waals surface area contributed by atoms with Crippen LogP contribution in [0.15, 0.2) is 35.0 Å². The number of nitrogens with zero attached hydrogens (tertiary/aromatic N) is 1. The molecule has 0 unspecified atom stereocenters. The van der Waals surface area contributed by atoms with Crippen LogP contribution < -0.4 is 14.8 Å². The highest BCUT2D eigenvalue weighted by atomic mass is 32.1. The van der Waals surface area contributed by atoms with E-state index in [9.17, 15) is 10.1 Å². The first kappa shape index (κ1) is 16.8. The lowest BCUT2D eigenvalue weighted by Crippen LogP contribution is -2.31. The van der Waals surface area contributed by atoms with Crippen LogP contribution in [-0.2, 0) is 4.79 Å². The summed E-state index contributed by atoms with van der Waals surface area (Å²) < 4.78 is 10.4. The van der Waals surface area contributed by atoms with Crippen LogP contribution >= 0.6 is 11.3 Å². The molecule has 0 aliphatic carbocycles. The third-order valence-electron chi connectivity index (χ3n) is 3.60. The summed E-state index contributed by atoms with van der Waals surface area (Å²) in [6.07, 6.45) is 0. The molecule has 2 rings (SSSR count). The summed E-state index contributed by atoms with van der Waals surface area (Å²) in [4.78, 5) is 12.4. The number of amides is 1. The van der Waals surface area contributed by atoms with Crippen LogP contribution in [0.1, 0.15) is 30.0 Å². The summed E-state index contributed by atoms with van der Waals surface area (Å²) >= 11 is 1.54. The fourth-order valence-corrected chi connectivity index (χ4v) is 2.93. The Hall–Kier alpha value is -2.52. The Morgan fingerprint density at radius 1 is 1.30 bits per heavy atom. The molecule has 0 fully saturated rings. The van der Waals surface area contributed by atoms with Gasteiger partial charge in [-0.05, 0) is 41.4 Å². The van der Waals surface area contributed by atoms with Gasteiger partial charge in [-0.2, -0.15) is 16.6 Å². The highest BCUT2D eigenvalue weighted by molar-refractivity contribution is 7.08. The van der Waals surface area contributed by atoms with E-state index in [1.807, 2.05) is 23.8 Å². The molecule has 0 bridgehead atoms. The summed E-state index contributed by atoms with van der Waals surface area (Å²) in [5.74, 6) is 0.605. The predicted octanol–water partition coefficient (Wildman–Crippen LogP) is 3.25. The summed E-state index contributed by atoms with van der Waals surface area (Å²) in [6.45, 7) is 1.82. The van der Waals surface area contributed by atoms with E-state index in [1.54, 1.807) is 25.3 Å². The molecule has 0 radical (unpaired) electrons. The van der Waals surface area contributed by atoms with Gasteiger partial charge in [0.2, 0.25) is 5.91 Å². The molecule has 1 N–H and O–H groups in total. The van der Waals surface area contributed by atoms with Crippen LogP contribution in [0.2, 0.25) is 0 Å². The van der Waals surface area contributed by atoms with E-state index >= 15 is 0 Å². The Morgan fingerprint density at radius 3 is 2.65 bits per heavy atom. The van der Waals surface area contributed by atoms with Crippen LogP contribution in [0.3, 0.4) is 0 Å². The number of ether oxygens (including phenoxy) is 2. The Bertz CT molecular complexity index is 707. The van der Waals surface area contributed by atoms with Crippen molar-refractivity contribution >= 4 is 17.2 Å². The van der Waals surface area contributed by atoms with Crippen molar-refractivity contribution in [1.82, 2.24) is 5.32 Å². The molecule has 23 heavy (non-hydrogen) atoms. The van der Waals surface area contributed by atoms with Gasteiger partial charge in [-0.25, -0.2) is 0 Å². The van der Waals surface area contributed by atoms with E-state index in [0.29, 0.717) is 17.1 Å². The van der Waals surface area contributed by atoms with Crippen molar-refractivity contribution in [1.29, 1.82) is 5.26 Å². The first-order valence-electron chi connectivity index (χ1n) is 7.04. The van der Waals surface area contributed by atoms with E-state index in [4.69, 9.17) is 9.47 Å². The van der Waals surface area contributed by atoms with E-state index in [0.717, 1.165) is 5.56 Å². The average Bonchev–Trinajstić information content (AvgIpc) is 3.12. The van der Waals surface area contributed by atoms with Crippen LogP contribution in [-0.4, -0.2) is 20.1 Å². The van der Waals surface area contributed by atoms with E-state index < -0.39 is 6.04 Å². The largest absolute Gasteiger partial charge is 0.497 e. The maximum Gasteiger partial charge on any atom is 0.228 e. The number of carbonyl (C=O) groups is 1. The fraction of sp³-hybridized carbons (Fsp3) is 0.294. The van der Waals surface area contributed by atoms with Crippen molar-refractivity contribution in [2.75, 3.05) is 14.2 Å². The van der Waals surface area contributed by atoms with Gasteiger partial charge in [0.05, 0.1) is 26.2 Å². The summed E-state index contributed by atoms with van der Waals surface area (Å²) in [7, 11) is 3.07. The first-order chi connectivity index (χ1) is 11.1. The SMILES string of the molecule is COc1ccc([C@H](C#N)NC(=O)[C@H](C)c2ccsc2)c(OC)c1. The average molecular weight is 330 g/mol. The van der Waals surface area contributed by atoms with Crippen molar-refractivity contribution < 1.29 is 14.3 Å². The second-order valence-corrected chi connectivity index (χ2v) is 5.74. The maximum absolute atomic E-state index is 12.4. The number of carbonyl (C=O) groups excluding carboxylic acids is 1. The van der Waals surface area contributed by atoms with Gasteiger partial charge in [-0.3, -0.25) is 4.79 Å². The van der Waals surface area contributed by atoms with Crippen molar-refractivity contribution in [2.24, 2.45) is 0 Å². The smallest absolute Gasteiger partial charge is 0.228 e. The van der Waals surface area contributed by atoms with Crippen LogP contribution in [0.5, 0.6) is 11.5 Å². The zero-order valence-corrected chi connectivity index (χ0v) is 14.0. The molecule has 0 spiro atoms. The van der Waals surface area contributed by atoms with Gasteiger partial charge >= 0.3 is 0 Å². The third kappa shape index (κ3) is 3.82. The molecule has 1 aromatic heterocycles. The number of methoxy groups -OCH3 is 2. The number of benzene rings is 1. The van der Waals surface area contributed by atoms with Crippen LogP contribution in [0, 0.1) is 11.3 Å². The van der Waals surface area contributed by atoms with E-state index in [1.165, 1.54) is 18.4 Å². The summed E-state index contributed by atoms with van der Waals surface area (Å²) in [5, 5.41) is 16.1. The maximum atomic E-state index is 12.4. The minimum absolute atomic E-state index is 0.201.